The maximum absolute atomic E-state index is 14.3. The Bertz CT molecular complexity index is 1590. The molecule has 1 aromatic carbocycles. The maximum atomic E-state index is 14.3. The van der Waals surface area contributed by atoms with Crippen molar-refractivity contribution >= 4 is 35.0 Å². The van der Waals surface area contributed by atoms with Crippen LogP contribution in [0.5, 0.6) is 5.75 Å². The topological polar surface area (TPSA) is 84.0 Å². The van der Waals surface area contributed by atoms with Crippen LogP contribution >= 0.6 is 0 Å². The average molecular weight is 714 g/mol. The number of halogens is 17. The smallest absolute Gasteiger partial charge is 0.430 e. The van der Waals surface area contributed by atoms with Crippen molar-refractivity contribution in [3.05, 3.63) is 54.3 Å². The lowest BCUT2D eigenvalue weighted by molar-refractivity contribution is -0.451. The monoisotopic (exact) mass is 714 g/mol. The van der Waals surface area contributed by atoms with E-state index < -0.39 is 94.3 Å². The molecule has 258 valence electrons. The summed E-state index contributed by atoms with van der Waals surface area (Å²) in [5, 5.41) is 0. The van der Waals surface area contributed by atoms with Crippen molar-refractivity contribution in [3.8, 4) is 5.75 Å². The highest BCUT2D eigenvalue weighted by Crippen LogP contribution is 2.63. The lowest BCUT2D eigenvalue weighted by Crippen LogP contribution is -2.72. The highest BCUT2D eigenvalue weighted by atomic mass is 19.4. The van der Waals surface area contributed by atoms with Crippen LogP contribution in [0.2, 0.25) is 0 Å². The van der Waals surface area contributed by atoms with E-state index in [9.17, 15) is 93.8 Å². The second-order valence-electron chi connectivity index (χ2n) is 8.97. The van der Waals surface area contributed by atoms with Gasteiger partial charge in [0.05, 0.1) is 11.4 Å². The number of amides is 4. The van der Waals surface area contributed by atoms with E-state index >= 15 is 0 Å². The molecule has 0 unspecified atom stereocenters. The molecule has 0 atom stereocenters. The first kappa shape index (κ1) is 36.8. The van der Waals surface area contributed by atoms with E-state index in [4.69, 9.17) is 0 Å². The number of benzene rings is 1. The third-order valence-corrected chi connectivity index (χ3v) is 6.03. The largest absolute Gasteiger partial charge is 0.460 e. The number of ether oxygens (including phenoxy) is 1. The van der Waals surface area contributed by atoms with Crippen molar-refractivity contribution < 1.29 is 98.6 Å². The first-order chi connectivity index (χ1) is 21.0. The van der Waals surface area contributed by atoms with E-state index in [1.165, 1.54) is 0 Å². The molecule has 4 amide bonds. The maximum Gasteiger partial charge on any atom is 0.460 e. The van der Waals surface area contributed by atoms with Gasteiger partial charge in [-0.05, 0) is 12.1 Å². The minimum absolute atomic E-state index is 0.0708. The Morgan fingerprint density at radius 3 is 1.28 bits per heavy atom. The molecule has 0 aromatic heterocycles. The van der Waals surface area contributed by atoms with Gasteiger partial charge in [-0.25, -0.2) is 9.80 Å². The van der Waals surface area contributed by atoms with E-state index in [0.29, 0.717) is 30.4 Å². The van der Waals surface area contributed by atoms with Gasteiger partial charge >= 0.3 is 47.7 Å². The molecule has 2 heterocycles. The standard InChI is InChI=1S/C23H7F17N2O5/c24-15(17(26,27)18(28,29)19(30,31)20(32,33)21(34,35)22(36,37)23(38,39)40)16(25)47-8-1-2-9(41-11(43)3-4-12(41)44)10(7-8)42-13(45)5-6-14(42)46/h1-7H. The fraction of sp³-hybridized carbons (Fsp3) is 0.304. The highest BCUT2D eigenvalue weighted by molar-refractivity contribution is 6.33. The van der Waals surface area contributed by atoms with Crippen molar-refractivity contribution in [2.24, 2.45) is 0 Å². The molecule has 3 rings (SSSR count). The number of anilines is 2. The van der Waals surface area contributed by atoms with Crippen LogP contribution in [-0.2, 0) is 19.2 Å². The van der Waals surface area contributed by atoms with E-state index in [1.807, 2.05) is 0 Å². The zero-order chi connectivity index (χ0) is 36.5. The van der Waals surface area contributed by atoms with Gasteiger partial charge in [-0.3, -0.25) is 19.2 Å². The summed E-state index contributed by atoms with van der Waals surface area (Å²) in [4.78, 5) is 48.6. The van der Waals surface area contributed by atoms with Crippen molar-refractivity contribution in [1.82, 2.24) is 0 Å². The van der Waals surface area contributed by atoms with E-state index in [1.54, 1.807) is 0 Å². The van der Waals surface area contributed by atoms with Crippen LogP contribution < -0.4 is 14.5 Å². The molecule has 0 N–H and O–H groups in total. The van der Waals surface area contributed by atoms with Crippen molar-refractivity contribution in [3.63, 3.8) is 0 Å². The molecule has 2 aliphatic rings. The number of carbonyl (C=O) groups is 4. The molecule has 0 saturated heterocycles. The summed E-state index contributed by atoms with van der Waals surface area (Å²) in [6, 6.07) is -2.96. The van der Waals surface area contributed by atoms with Gasteiger partial charge in [-0.2, -0.15) is 74.6 Å². The third-order valence-electron chi connectivity index (χ3n) is 6.03. The lowest BCUT2D eigenvalue weighted by Gasteiger charge is -2.41. The van der Waals surface area contributed by atoms with Crippen LogP contribution in [0.25, 0.3) is 0 Å². The van der Waals surface area contributed by atoms with E-state index in [0.717, 1.165) is 0 Å². The molecule has 0 radical (unpaired) electrons. The highest BCUT2D eigenvalue weighted by Gasteiger charge is 2.94. The van der Waals surface area contributed by atoms with Gasteiger partial charge in [-0.1, -0.05) is 0 Å². The minimum Gasteiger partial charge on any atom is -0.430 e. The fourth-order valence-corrected chi connectivity index (χ4v) is 3.59. The molecule has 7 nitrogen and oxygen atoms in total. The van der Waals surface area contributed by atoms with E-state index in [-0.39, 0.29) is 21.9 Å². The van der Waals surface area contributed by atoms with Crippen molar-refractivity contribution in [1.29, 1.82) is 0 Å². The van der Waals surface area contributed by atoms with Crippen molar-refractivity contribution in [2.45, 2.75) is 41.7 Å². The van der Waals surface area contributed by atoms with Gasteiger partial charge in [0.15, 0.2) is 0 Å². The number of carbonyl (C=O) groups excluding carboxylic acids is 4. The van der Waals surface area contributed by atoms with Crippen LogP contribution in [0, 0.1) is 0 Å². The molecule has 0 saturated carbocycles. The quantitative estimate of drug-likeness (QED) is 0.159. The molecule has 0 aliphatic carbocycles. The molecule has 0 bridgehead atoms. The minimum atomic E-state index is -8.77. The number of hydrogen-bond acceptors (Lipinski definition) is 5. The van der Waals surface area contributed by atoms with Crippen LogP contribution in [0.3, 0.4) is 0 Å². The van der Waals surface area contributed by atoms with E-state index in [2.05, 4.69) is 4.74 Å². The Kier molecular flexibility index (Phi) is 8.58. The molecular weight excluding hydrogens is 707 g/mol. The molecule has 24 heteroatoms. The summed E-state index contributed by atoms with van der Waals surface area (Å²) in [5.74, 6) is -61.7. The van der Waals surface area contributed by atoms with Crippen LogP contribution in [0.4, 0.5) is 86.0 Å². The SMILES string of the molecule is O=C1C=CC(=O)N1c1ccc(OC(F)=C(F)C(F)(F)C(F)(F)C(F)(F)C(F)(F)C(F)(F)C(F)(F)C(F)(F)F)cc1N1C(=O)C=CC1=O. The fourth-order valence-electron chi connectivity index (χ4n) is 3.59. The molecular formula is C23H7F17N2O5. The zero-order valence-corrected chi connectivity index (χ0v) is 21.4. The number of imide groups is 2. The zero-order valence-electron chi connectivity index (χ0n) is 21.4. The Morgan fingerprint density at radius 2 is 0.872 bits per heavy atom. The number of rotatable bonds is 10. The first-order valence-electron chi connectivity index (χ1n) is 11.3. The van der Waals surface area contributed by atoms with Gasteiger partial charge < -0.3 is 4.74 Å². The summed E-state index contributed by atoms with van der Waals surface area (Å²) in [5.41, 5.74) is -1.74. The molecule has 1 aromatic rings. The molecule has 0 spiro atoms. The number of nitrogens with zero attached hydrogens (tertiary/aromatic N) is 2. The second kappa shape index (κ2) is 11.0. The number of allylic oxidation sites excluding steroid dienone is 1. The second-order valence-corrected chi connectivity index (χ2v) is 8.97. The Balaban J connectivity index is 2.08. The van der Waals surface area contributed by atoms with Crippen LogP contribution in [0.15, 0.2) is 54.3 Å². The van der Waals surface area contributed by atoms with Gasteiger partial charge in [0.1, 0.15) is 5.75 Å². The van der Waals surface area contributed by atoms with Gasteiger partial charge in [-0.15, -0.1) is 0 Å². The number of alkyl halides is 15. The first-order valence-corrected chi connectivity index (χ1v) is 11.3. The third kappa shape index (κ3) is 5.25. The number of hydrogen-bond donors (Lipinski definition) is 0. The van der Waals surface area contributed by atoms with Crippen LogP contribution in [-0.4, -0.2) is 65.3 Å². The van der Waals surface area contributed by atoms with Crippen LogP contribution in [0.1, 0.15) is 0 Å². The molecule has 2 aliphatic heterocycles. The molecule has 47 heavy (non-hydrogen) atoms. The average Bonchev–Trinajstić information content (AvgIpc) is 3.45. The predicted octanol–water partition coefficient (Wildman–Crippen LogP) is 6.41. The van der Waals surface area contributed by atoms with Gasteiger partial charge in [0.2, 0.25) is 5.83 Å². The predicted molar refractivity (Wildman–Crippen MR) is 115 cm³/mol. The summed E-state index contributed by atoms with van der Waals surface area (Å²) < 4.78 is 233. The summed E-state index contributed by atoms with van der Waals surface area (Å²) in [6.45, 7) is 0. The summed E-state index contributed by atoms with van der Waals surface area (Å²) in [7, 11) is 0. The van der Waals surface area contributed by atoms with Crippen molar-refractivity contribution in [2.75, 3.05) is 9.80 Å². The summed E-state index contributed by atoms with van der Waals surface area (Å²) in [6.07, 6.45) is -5.49. The Labute approximate surface area is 246 Å². The molecule has 0 fully saturated rings. The van der Waals surface area contributed by atoms with Gasteiger partial charge in [0, 0.05) is 30.4 Å². The Hall–Kier alpha value is -4.67. The normalized spacial score (nSPS) is 17.7. The lowest BCUT2D eigenvalue weighted by atomic mass is 9.91. The summed E-state index contributed by atoms with van der Waals surface area (Å²) >= 11 is 0. The Morgan fingerprint density at radius 1 is 0.511 bits per heavy atom. The van der Waals surface area contributed by atoms with Gasteiger partial charge in [0.25, 0.3) is 23.6 Å².